The molecule has 4 heteroatoms. The summed E-state index contributed by atoms with van der Waals surface area (Å²) in [7, 11) is 1.83. The number of fused-ring (bicyclic) bond motifs is 1. The summed E-state index contributed by atoms with van der Waals surface area (Å²) in [5.74, 6) is 0.815. The highest BCUT2D eigenvalue weighted by molar-refractivity contribution is 9.09. The number of likely N-dealkylation sites (N-methyl/N-ethyl adjacent to an activating group) is 1. The van der Waals surface area contributed by atoms with Crippen molar-refractivity contribution >= 4 is 21.8 Å². The quantitative estimate of drug-likeness (QED) is 0.802. The highest BCUT2D eigenvalue weighted by Crippen LogP contribution is 2.34. The SMILES string of the molecule is CC(Br)CN(C)C(=O)C1COc2ccccc21. The number of halogens is 1. The highest BCUT2D eigenvalue weighted by atomic mass is 79.9. The van der Waals surface area contributed by atoms with Gasteiger partial charge in [-0.3, -0.25) is 4.79 Å². The van der Waals surface area contributed by atoms with Crippen molar-refractivity contribution in [1.82, 2.24) is 4.90 Å². The summed E-state index contributed by atoms with van der Waals surface area (Å²) < 4.78 is 5.53. The van der Waals surface area contributed by atoms with Crippen molar-refractivity contribution in [2.24, 2.45) is 0 Å². The van der Waals surface area contributed by atoms with Crippen molar-refractivity contribution in [3.05, 3.63) is 29.8 Å². The first kappa shape index (κ1) is 12.4. The molecule has 1 aliphatic heterocycles. The van der Waals surface area contributed by atoms with Gasteiger partial charge in [0.15, 0.2) is 0 Å². The second kappa shape index (κ2) is 5.08. The molecule has 0 saturated carbocycles. The van der Waals surface area contributed by atoms with Gasteiger partial charge in [-0.05, 0) is 6.07 Å². The zero-order valence-electron chi connectivity index (χ0n) is 10.0. The van der Waals surface area contributed by atoms with Gasteiger partial charge in [0.2, 0.25) is 5.91 Å². The zero-order chi connectivity index (χ0) is 12.4. The van der Waals surface area contributed by atoms with Crippen LogP contribution in [0.3, 0.4) is 0 Å². The largest absolute Gasteiger partial charge is 0.492 e. The predicted molar refractivity (Wildman–Crippen MR) is 70.7 cm³/mol. The van der Waals surface area contributed by atoms with E-state index in [1.54, 1.807) is 4.90 Å². The Kier molecular flexibility index (Phi) is 3.72. The Morgan fingerprint density at radius 1 is 1.59 bits per heavy atom. The molecule has 0 N–H and O–H groups in total. The molecule has 0 fully saturated rings. The van der Waals surface area contributed by atoms with Crippen LogP contribution in [0.25, 0.3) is 0 Å². The molecule has 1 amide bonds. The maximum Gasteiger partial charge on any atom is 0.233 e. The monoisotopic (exact) mass is 297 g/mol. The van der Waals surface area contributed by atoms with E-state index in [0.717, 1.165) is 11.3 Å². The van der Waals surface area contributed by atoms with Crippen molar-refractivity contribution in [2.75, 3.05) is 20.2 Å². The first-order valence-electron chi connectivity index (χ1n) is 5.70. The lowest BCUT2D eigenvalue weighted by Gasteiger charge is -2.21. The Hall–Kier alpha value is -1.03. The Labute approximate surface area is 110 Å². The van der Waals surface area contributed by atoms with Gasteiger partial charge in [0.25, 0.3) is 0 Å². The van der Waals surface area contributed by atoms with Gasteiger partial charge < -0.3 is 9.64 Å². The van der Waals surface area contributed by atoms with Crippen LogP contribution in [0.1, 0.15) is 18.4 Å². The third-order valence-electron chi connectivity index (χ3n) is 2.90. The fourth-order valence-electron chi connectivity index (χ4n) is 2.10. The normalized spacial score (nSPS) is 19.4. The third-order valence-corrected chi connectivity index (χ3v) is 3.19. The van der Waals surface area contributed by atoms with E-state index in [9.17, 15) is 4.79 Å². The number of carbonyl (C=O) groups excluding carboxylic acids is 1. The average molecular weight is 298 g/mol. The van der Waals surface area contributed by atoms with Crippen LogP contribution in [0.5, 0.6) is 5.75 Å². The van der Waals surface area contributed by atoms with Gasteiger partial charge in [-0.2, -0.15) is 0 Å². The van der Waals surface area contributed by atoms with Crippen LogP contribution in [0.15, 0.2) is 24.3 Å². The van der Waals surface area contributed by atoms with Crippen LogP contribution in [-0.2, 0) is 4.79 Å². The van der Waals surface area contributed by atoms with E-state index in [4.69, 9.17) is 4.74 Å². The summed E-state index contributed by atoms with van der Waals surface area (Å²) in [6.07, 6.45) is 0. The molecule has 2 atom stereocenters. The number of benzene rings is 1. The van der Waals surface area contributed by atoms with E-state index in [2.05, 4.69) is 15.9 Å². The summed E-state index contributed by atoms with van der Waals surface area (Å²) in [5.41, 5.74) is 1.01. The predicted octanol–water partition coefficient (Wildman–Crippen LogP) is 2.40. The van der Waals surface area contributed by atoms with Crippen molar-refractivity contribution in [1.29, 1.82) is 0 Å². The lowest BCUT2D eigenvalue weighted by Crippen LogP contribution is -2.35. The molecular formula is C13H16BrNO2. The molecular weight excluding hydrogens is 282 g/mol. The van der Waals surface area contributed by atoms with Crippen LogP contribution < -0.4 is 4.74 Å². The fourth-order valence-corrected chi connectivity index (χ4v) is 2.53. The van der Waals surface area contributed by atoms with E-state index in [1.807, 2.05) is 38.2 Å². The van der Waals surface area contributed by atoms with E-state index in [-0.39, 0.29) is 11.8 Å². The molecule has 2 unspecified atom stereocenters. The Bertz CT molecular complexity index is 420. The van der Waals surface area contributed by atoms with Crippen LogP contribution >= 0.6 is 15.9 Å². The van der Waals surface area contributed by atoms with Gasteiger partial charge in [0.1, 0.15) is 18.3 Å². The number of hydrogen-bond donors (Lipinski definition) is 0. The molecule has 0 bridgehead atoms. The van der Waals surface area contributed by atoms with Gasteiger partial charge in [0, 0.05) is 24.0 Å². The number of ether oxygens (including phenoxy) is 1. The van der Waals surface area contributed by atoms with Gasteiger partial charge in [-0.15, -0.1) is 0 Å². The fraction of sp³-hybridized carbons (Fsp3) is 0.462. The lowest BCUT2D eigenvalue weighted by atomic mass is 10.00. The molecule has 0 aliphatic carbocycles. The molecule has 1 aromatic rings. The second-order valence-corrected chi connectivity index (χ2v) is 5.96. The van der Waals surface area contributed by atoms with Crippen LogP contribution in [0.4, 0.5) is 0 Å². The van der Waals surface area contributed by atoms with E-state index in [1.165, 1.54) is 0 Å². The molecule has 1 heterocycles. The molecule has 1 aliphatic rings. The minimum atomic E-state index is -0.151. The summed E-state index contributed by atoms with van der Waals surface area (Å²) >= 11 is 3.46. The van der Waals surface area contributed by atoms with Gasteiger partial charge >= 0.3 is 0 Å². The highest BCUT2D eigenvalue weighted by Gasteiger charge is 2.32. The van der Waals surface area contributed by atoms with E-state index < -0.39 is 0 Å². The van der Waals surface area contributed by atoms with Crippen molar-refractivity contribution in [3.8, 4) is 5.75 Å². The number of rotatable bonds is 3. The average Bonchev–Trinajstić information content (AvgIpc) is 2.70. The summed E-state index contributed by atoms with van der Waals surface area (Å²) in [5, 5.41) is 0. The molecule has 17 heavy (non-hydrogen) atoms. The van der Waals surface area contributed by atoms with Crippen LogP contribution in [-0.4, -0.2) is 35.8 Å². The maximum absolute atomic E-state index is 12.3. The topological polar surface area (TPSA) is 29.5 Å². The van der Waals surface area contributed by atoms with Crippen molar-refractivity contribution < 1.29 is 9.53 Å². The van der Waals surface area contributed by atoms with Crippen molar-refractivity contribution in [3.63, 3.8) is 0 Å². The first-order valence-corrected chi connectivity index (χ1v) is 6.62. The van der Waals surface area contributed by atoms with E-state index >= 15 is 0 Å². The smallest absolute Gasteiger partial charge is 0.233 e. The van der Waals surface area contributed by atoms with Crippen LogP contribution in [0.2, 0.25) is 0 Å². The second-order valence-electron chi connectivity index (χ2n) is 4.40. The number of nitrogens with zero attached hydrogens (tertiary/aromatic N) is 1. The number of carbonyl (C=O) groups is 1. The lowest BCUT2D eigenvalue weighted by molar-refractivity contribution is -0.131. The Morgan fingerprint density at radius 2 is 2.29 bits per heavy atom. The Morgan fingerprint density at radius 3 is 3.00 bits per heavy atom. The zero-order valence-corrected chi connectivity index (χ0v) is 11.6. The minimum Gasteiger partial charge on any atom is -0.492 e. The Balaban J connectivity index is 2.12. The molecule has 1 aromatic carbocycles. The van der Waals surface area contributed by atoms with Crippen molar-refractivity contribution in [2.45, 2.75) is 17.7 Å². The standard InChI is InChI=1S/C13H16BrNO2/c1-9(14)7-15(2)13(16)11-8-17-12-6-4-3-5-10(11)12/h3-6,9,11H,7-8H2,1-2H3. The number of alkyl halides is 1. The molecule has 0 radical (unpaired) electrons. The molecule has 2 rings (SSSR count). The summed E-state index contributed by atoms with van der Waals surface area (Å²) in [6, 6.07) is 7.75. The minimum absolute atomic E-state index is 0.126. The van der Waals surface area contributed by atoms with Crippen LogP contribution in [0, 0.1) is 0 Å². The number of amides is 1. The summed E-state index contributed by atoms with van der Waals surface area (Å²) in [6.45, 7) is 3.19. The molecule has 3 nitrogen and oxygen atoms in total. The molecule has 0 spiro atoms. The van der Waals surface area contributed by atoms with Gasteiger partial charge in [-0.1, -0.05) is 41.1 Å². The van der Waals surface area contributed by atoms with Gasteiger partial charge in [-0.25, -0.2) is 0 Å². The molecule has 92 valence electrons. The van der Waals surface area contributed by atoms with Gasteiger partial charge in [0.05, 0.1) is 0 Å². The summed E-state index contributed by atoms with van der Waals surface area (Å²) in [4.78, 5) is 14.3. The molecule has 0 saturated heterocycles. The number of hydrogen-bond acceptors (Lipinski definition) is 2. The molecule has 0 aromatic heterocycles. The van der Waals surface area contributed by atoms with E-state index in [0.29, 0.717) is 18.0 Å². The number of para-hydroxylation sites is 1. The first-order chi connectivity index (χ1) is 8.09. The third kappa shape index (κ3) is 2.63. The maximum atomic E-state index is 12.3.